The van der Waals surface area contributed by atoms with E-state index in [0.29, 0.717) is 39.7 Å². The first-order valence-electron chi connectivity index (χ1n) is 13.0. The van der Waals surface area contributed by atoms with Crippen LogP contribution < -0.4 is 23.7 Å². The molecule has 0 spiro atoms. The van der Waals surface area contributed by atoms with E-state index < -0.39 is 30.8 Å². The molecule has 0 heterocycles. The van der Waals surface area contributed by atoms with E-state index in [-0.39, 0.29) is 11.5 Å². The molecule has 11 nitrogen and oxygen atoms in total. The highest BCUT2D eigenvalue weighted by molar-refractivity contribution is 5.87. The van der Waals surface area contributed by atoms with Gasteiger partial charge < -0.3 is 43.4 Å². The van der Waals surface area contributed by atoms with Gasteiger partial charge in [-0.3, -0.25) is 0 Å². The van der Waals surface area contributed by atoms with Crippen molar-refractivity contribution < 1.29 is 53.0 Å². The van der Waals surface area contributed by atoms with Gasteiger partial charge in [-0.25, -0.2) is 9.59 Å². The number of aliphatic hydroxyl groups excluding tert-OH is 1. The molecule has 0 saturated heterocycles. The van der Waals surface area contributed by atoms with E-state index in [0.717, 1.165) is 0 Å². The van der Waals surface area contributed by atoms with Crippen LogP contribution in [0.5, 0.6) is 34.5 Å². The van der Waals surface area contributed by atoms with Crippen molar-refractivity contribution in [1.29, 1.82) is 0 Å². The lowest BCUT2D eigenvalue weighted by molar-refractivity contribution is -0.135. The average molecular weight is 595 g/mol. The molecule has 0 aliphatic heterocycles. The van der Waals surface area contributed by atoms with Crippen LogP contribution in [0.25, 0.3) is 12.2 Å². The number of carbonyl (C=O) groups excluding carboxylic acids is 2. The van der Waals surface area contributed by atoms with Crippen molar-refractivity contribution in [2.45, 2.75) is 12.2 Å². The highest BCUT2D eigenvalue weighted by Gasteiger charge is 2.30. The SMILES string of the molecule is COC(=O)/C=C/c1ccc(OC(CO)C(Oc2ccc(/C=C/C(=O)OC)cc2OC)c2ccc(O)c(OC)c2)c(OC)c1. The number of aliphatic hydroxyl groups is 1. The third kappa shape index (κ3) is 8.66. The number of methoxy groups -OCH3 is 5. The Hall–Kier alpha value is -5.16. The predicted molar refractivity (Wildman–Crippen MR) is 158 cm³/mol. The maximum Gasteiger partial charge on any atom is 0.330 e. The molecule has 0 aliphatic carbocycles. The van der Waals surface area contributed by atoms with Gasteiger partial charge in [0.05, 0.1) is 42.2 Å². The Balaban J connectivity index is 2.02. The van der Waals surface area contributed by atoms with E-state index in [1.165, 1.54) is 53.8 Å². The Morgan fingerprint density at radius 2 is 1.19 bits per heavy atom. The van der Waals surface area contributed by atoms with Crippen molar-refractivity contribution >= 4 is 24.1 Å². The molecule has 2 N–H and O–H groups in total. The molecule has 0 aliphatic rings. The van der Waals surface area contributed by atoms with Crippen LogP contribution in [0.1, 0.15) is 22.8 Å². The topological polar surface area (TPSA) is 139 Å². The van der Waals surface area contributed by atoms with Crippen molar-refractivity contribution in [2.24, 2.45) is 0 Å². The van der Waals surface area contributed by atoms with Gasteiger partial charge in [-0.05, 0) is 59.7 Å². The quantitative estimate of drug-likeness (QED) is 0.203. The summed E-state index contributed by atoms with van der Waals surface area (Å²) >= 11 is 0. The van der Waals surface area contributed by atoms with Crippen molar-refractivity contribution in [1.82, 2.24) is 0 Å². The lowest BCUT2D eigenvalue weighted by Crippen LogP contribution is -2.33. The van der Waals surface area contributed by atoms with Crippen LogP contribution >= 0.6 is 0 Å². The summed E-state index contributed by atoms with van der Waals surface area (Å²) in [6, 6.07) is 14.7. The first-order chi connectivity index (χ1) is 20.8. The van der Waals surface area contributed by atoms with Gasteiger partial charge in [-0.15, -0.1) is 0 Å². The Labute approximate surface area is 249 Å². The summed E-state index contributed by atoms with van der Waals surface area (Å²) in [5.41, 5.74) is 1.82. The molecule has 0 fully saturated rings. The number of hydrogen-bond acceptors (Lipinski definition) is 11. The lowest BCUT2D eigenvalue weighted by Gasteiger charge is -2.29. The molecule has 0 aromatic heterocycles. The van der Waals surface area contributed by atoms with Gasteiger partial charge in [0.1, 0.15) is 0 Å². The summed E-state index contributed by atoms with van der Waals surface area (Å²) in [7, 11) is 6.92. The van der Waals surface area contributed by atoms with Gasteiger partial charge in [0.2, 0.25) is 0 Å². The van der Waals surface area contributed by atoms with E-state index in [1.807, 2.05) is 0 Å². The Morgan fingerprint density at radius 3 is 1.65 bits per heavy atom. The number of rotatable bonds is 14. The van der Waals surface area contributed by atoms with Gasteiger partial charge in [-0.1, -0.05) is 18.2 Å². The molecule has 0 amide bonds. The Bertz CT molecular complexity index is 1460. The number of aromatic hydroxyl groups is 1. The summed E-state index contributed by atoms with van der Waals surface area (Å²) in [6.45, 7) is -0.483. The molecule has 0 bridgehead atoms. The summed E-state index contributed by atoms with van der Waals surface area (Å²) < 4.78 is 38.2. The largest absolute Gasteiger partial charge is 0.504 e. The maximum absolute atomic E-state index is 11.5. The van der Waals surface area contributed by atoms with Gasteiger partial charge in [0.25, 0.3) is 0 Å². The number of phenols is 1. The minimum atomic E-state index is -0.997. The monoisotopic (exact) mass is 594 g/mol. The molecule has 3 rings (SSSR count). The maximum atomic E-state index is 11.5. The van der Waals surface area contributed by atoms with Crippen LogP contribution in [0.15, 0.2) is 66.7 Å². The van der Waals surface area contributed by atoms with E-state index in [2.05, 4.69) is 9.47 Å². The molecule has 0 saturated carbocycles. The molecular formula is C32H34O11. The molecule has 3 aromatic carbocycles. The molecule has 3 aromatic rings. The number of carbonyl (C=O) groups is 2. The van der Waals surface area contributed by atoms with E-state index in [4.69, 9.17) is 23.7 Å². The second kappa shape index (κ2) is 15.7. The summed E-state index contributed by atoms with van der Waals surface area (Å²) in [6.07, 6.45) is 3.73. The second-order valence-electron chi connectivity index (χ2n) is 8.84. The second-order valence-corrected chi connectivity index (χ2v) is 8.84. The highest BCUT2D eigenvalue weighted by atomic mass is 16.6. The molecule has 0 radical (unpaired) electrons. The molecular weight excluding hydrogens is 560 g/mol. The van der Waals surface area contributed by atoms with Crippen molar-refractivity contribution in [2.75, 3.05) is 42.2 Å². The van der Waals surface area contributed by atoms with Crippen LogP contribution in [0, 0.1) is 0 Å². The number of phenolic OH excluding ortho intramolecular Hbond substituents is 1. The lowest BCUT2D eigenvalue weighted by atomic mass is 10.0. The van der Waals surface area contributed by atoms with Gasteiger partial charge in [-0.2, -0.15) is 0 Å². The molecule has 2 atom stereocenters. The molecule has 43 heavy (non-hydrogen) atoms. The van der Waals surface area contributed by atoms with Crippen molar-refractivity contribution in [3.63, 3.8) is 0 Å². The Kier molecular flexibility index (Phi) is 11.8. The molecule has 228 valence electrons. The predicted octanol–water partition coefficient (Wildman–Crippen LogP) is 4.35. The third-order valence-electron chi connectivity index (χ3n) is 6.18. The average Bonchev–Trinajstić information content (AvgIpc) is 3.04. The van der Waals surface area contributed by atoms with E-state index >= 15 is 0 Å². The minimum absolute atomic E-state index is 0.0805. The number of benzene rings is 3. The van der Waals surface area contributed by atoms with Gasteiger partial charge >= 0.3 is 11.9 Å². The third-order valence-corrected chi connectivity index (χ3v) is 6.18. The summed E-state index contributed by atoms with van der Waals surface area (Å²) in [5.74, 6) is 0.392. The molecule has 2 unspecified atom stereocenters. The molecule has 11 heteroatoms. The standard InChI is InChI=1S/C32H34O11/c1-37-26-18-22(10-11-23(26)34)32(43-25-13-7-21(17-28(25)39-3)9-15-31(36)41-5)29(19-33)42-24-12-6-20(16-27(24)38-2)8-14-30(35)40-4/h6-18,29,32-34H,19H2,1-5H3/b14-8+,15-9+. The number of esters is 2. The van der Waals surface area contributed by atoms with Crippen LogP contribution in [0.3, 0.4) is 0 Å². The normalized spacial score (nSPS) is 12.4. The first-order valence-corrected chi connectivity index (χ1v) is 13.0. The van der Waals surface area contributed by atoms with Crippen LogP contribution in [0.2, 0.25) is 0 Å². The van der Waals surface area contributed by atoms with Crippen LogP contribution in [-0.4, -0.2) is 70.4 Å². The van der Waals surface area contributed by atoms with E-state index in [9.17, 15) is 19.8 Å². The fourth-order valence-electron chi connectivity index (χ4n) is 3.96. The van der Waals surface area contributed by atoms with Crippen LogP contribution in [-0.2, 0) is 19.1 Å². The highest BCUT2D eigenvalue weighted by Crippen LogP contribution is 2.39. The van der Waals surface area contributed by atoms with Gasteiger partial charge in [0.15, 0.2) is 46.7 Å². The minimum Gasteiger partial charge on any atom is -0.504 e. The number of ether oxygens (including phenoxy) is 7. The fourth-order valence-corrected chi connectivity index (χ4v) is 3.96. The fraction of sp³-hybridized carbons (Fsp3) is 0.250. The summed E-state index contributed by atoms with van der Waals surface area (Å²) in [5, 5.41) is 20.7. The zero-order valence-corrected chi connectivity index (χ0v) is 24.4. The smallest absolute Gasteiger partial charge is 0.330 e. The zero-order chi connectivity index (χ0) is 31.4. The Morgan fingerprint density at radius 1 is 0.674 bits per heavy atom. The van der Waals surface area contributed by atoms with E-state index in [1.54, 1.807) is 60.7 Å². The van der Waals surface area contributed by atoms with Crippen LogP contribution in [0.4, 0.5) is 0 Å². The van der Waals surface area contributed by atoms with Gasteiger partial charge in [0, 0.05) is 17.7 Å². The van der Waals surface area contributed by atoms with Crippen molar-refractivity contribution in [3.05, 3.63) is 83.4 Å². The summed E-state index contributed by atoms with van der Waals surface area (Å²) in [4.78, 5) is 23.0. The van der Waals surface area contributed by atoms with Crippen molar-refractivity contribution in [3.8, 4) is 34.5 Å². The number of hydrogen-bond donors (Lipinski definition) is 2. The zero-order valence-electron chi connectivity index (χ0n) is 24.4. The first kappa shape index (κ1) is 32.4.